The van der Waals surface area contributed by atoms with Crippen LogP contribution in [0.4, 0.5) is 9.93 Å². The van der Waals surface area contributed by atoms with Gasteiger partial charge in [-0.2, -0.15) is 0 Å². The molecule has 0 aromatic carbocycles. The summed E-state index contributed by atoms with van der Waals surface area (Å²) in [4.78, 5) is 58.2. The van der Waals surface area contributed by atoms with Gasteiger partial charge in [-0.3, -0.25) is 14.4 Å². The lowest BCUT2D eigenvalue weighted by Gasteiger charge is -2.37. The summed E-state index contributed by atoms with van der Waals surface area (Å²) in [6, 6.07) is -2.12. The average molecular weight is 766 g/mol. The molecule has 0 spiro atoms. The number of carbonyl (C=O) groups is 4. The maximum Gasteiger partial charge on any atom is 0.407 e. The van der Waals surface area contributed by atoms with Gasteiger partial charge in [0.25, 0.3) is 5.91 Å². The molecule has 2 atom stereocenters. The van der Waals surface area contributed by atoms with Crippen molar-refractivity contribution in [2.75, 3.05) is 44.4 Å². The minimum Gasteiger partial charge on any atom is -0.463 e. The van der Waals surface area contributed by atoms with Crippen LogP contribution in [0.5, 0.6) is 0 Å². The number of hydrogen-bond acceptors (Lipinski definition) is 14. The molecule has 18 heteroatoms. The maximum atomic E-state index is 13.9. The van der Waals surface area contributed by atoms with Gasteiger partial charge in [-0.1, -0.05) is 20.8 Å². The van der Waals surface area contributed by atoms with Crippen LogP contribution in [0.2, 0.25) is 18.1 Å². The first kappa shape index (κ1) is 41.1. The molecular weight excluding hydrogens is 711 g/mol. The van der Waals surface area contributed by atoms with Crippen molar-refractivity contribution in [3.8, 4) is 0 Å². The first-order chi connectivity index (χ1) is 24.3. The molecule has 2 aromatic heterocycles. The van der Waals surface area contributed by atoms with Crippen LogP contribution in [-0.2, 0) is 28.2 Å². The monoisotopic (exact) mass is 765 g/mol. The second kappa shape index (κ2) is 17.5. The van der Waals surface area contributed by atoms with Crippen LogP contribution in [0.15, 0.2) is 9.80 Å². The second-order valence-corrected chi connectivity index (χ2v) is 21.4. The Kier molecular flexibility index (Phi) is 13.8. The van der Waals surface area contributed by atoms with E-state index in [1.165, 1.54) is 18.3 Å². The summed E-state index contributed by atoms with van der Waals surface area (Å²) in [6.07, 6.45) is 2.40. The largest absolute Gasteiger partial charge is 0.463 e. The van der Waals surface area contributed by atoms with Gasteiger partial charge in [-0.25, -0.2) is 9.78 Å². The van der Waals surface area contributed by atoms with Crippen LogP contribution in [0.3, 0.4) is 0 Å². The minimum atomic E-state index is -2.35. The predicted octanol–water partition coefficient (Wildman–Crippen LogP) is 4.45. The van der Waals surface area contributed by atoms with Gasteiger partial charge in [0.2, 0.25) is 17.7 Å². The second-order valence-electron chi connectivity index (χ2n) is 15.7. The van der Waals surface area contributed by atoms with E-state index in [1.807, 2.05) is 20.8 Å². The highest BCUT2D eigenvalue weighted by Gasteiger charge is 2.39. The van der Waals surface area contributed by atoms with Crippen molar-refractivity contribution < 1.29 is 42.2 Å². The predicted molar refractivity (Wildman–Crippen MR) is 196 cm³/mol. The fourth-order valence-electron chi connectivity index (χ4n) is 5.27. The number of thiazole rings is 1. The number of carbonyl (C=O) groups excluding carboxylic acids is 4. The van der Waals surface area contributed by atoms with Gasteiger partial charge in [0, 0.05) is 50.6 Å². The number of nitrogens with zero attached hydrogens (tertiary/aromatic N) is 4. The summed E-state index contributed by atoms with van der Waals surface area (Å²) in [7, 11) is -2.35. The summed E-state index contributed by atoms with van der Waals surface area (Å²) < 4.78 is 28.5. The molecule has 290 valence electrons. The van der Waals surface area contributed by atoms with Gasteiger partial charge < -0.3 is 43.9 Å². The number of aromatic nitrogens is 3. The number of alkyl carbamates (subject to hydrolysis) is 1. The van der Waals surface area contributed by atoms with E-state index in [-0.39, 0.29) is 41.8 Å². The molecule has 4 rings (SSSR count). The highest BCUT2D eigenvalue weighted by Crippen LogP contribution is 2.36. The molecule has 2 aromatic rings. The fraction of sp³-hybridized carbons (Fsp3) is 0.735. The van der Waals surface area contributed by atoms with Gasteiger partial charge in [-0.15, -0.1) is 21.5 Å². The van der Waals surface area contributed by atoms with Crippen molar-refractivity contribution in [1.29, 1.82) is 0 Å². The molecule has 2 fully saturated rings. The van der Waals surface area contributed by atoms with Crippen LogP contribution in [-0.4, -0.2) is 105 Å². The molecular formula is C34H55N7O9SSi. The minimum absolute atomic E-state index is 0.0216. The van der Waals surface area contributed by atoms with E-state index in [9.17, 15) is 19.2 Å². The molecule has 2 aliphatic heterocycles. The summed E-state index contributed by atoms with van der Waals surface area (Å²) in [6.45, 7) is 19.2. The Balaban J connectivity index is 1.45. The van der Waals surface area contributed by atoms with Crippen LogP contribution in [0, 0.1) is 0 Å². The van der Waals surface area contributed by atoms with Gasteiger partial charge in [0.1, 0.15) is 30.0 Å². The third-order valence-electron chi connectivity index (χ3n) is 9.34. The summed E-state index contributed by atoms with van der Waals surface area (Å²) in [5.74, 6) is -1.13. The van der Waals surface area contributed by atoms with Gasteiger partial charge in [-0.05, 0) is 64.6 Å². The van der Waals surface area contributed by atoms with Crippen LogP contribution < -0.4 is 20.9 Å². The number of anilines is 1. The molecule has 2 saturated heterocycles. The highest BCUT2D eigenvalue weighted by molar-refractivity contribution is 7.13. The molecule has 0 aliphatic carbocycles. The van der Waals surface area contributed by atoms with Crippen LogP contribution in [0.1, 0.15) is 108 Å². The van der Waals surface area contributed by atoms with Gasteiger partial charge >= 0.3 is 12.1 Å². The Bertz CT molecular complexity index is 1520. The van der Waals surface area contributed by atoms with E-state index in [2.05, 4.69) is 69.9 Å². The van der Waals surface area contributed by atoms with Gasteiger partial charge in [0.05, 0.1) is 6.61 Å². The molecule has 16 nitrogen and oxygen atoms in total. The van der Waals surface area contributed by atoms with Crippen molar-refractivity contribution in [3.05, 3.63) is 22.9 Å². The van der Waals surface area contributed by atoms with E-state index in [1.54, 1.807) is 5.38 Å². The Morgan fingerprint density at radius 1 is 1.00 bits per heavy atom. The molecule has 3 N–H and O–H groups in total. The van der Waals surface area contributed by atoms with Crippen molar-refractivity contribution >= 4 is 48.7 Å². The molecule has 2 aliphatic rings. The standard InChI is InChI=1S/C34H55N7O9SSi/c1-21(42)47-18-25(30-40-39-29(49-30)22-12-16-46-17-13-22)37-27(43)24(19-48-52(8,9)34(5,6)7)36-28(44)26-20-51-31(38-26)41-14-10-23(11-15-41)35-32(45)50-33(2,3)4/h20,22-25H,10-19H2,1-9H3,(H,35,45)(H,36,44)(H,37,43)/t24-,25-/m0/s1. The number of hydrogen-bond donors (Lipinski definition) is 3. The first-order valence-corrected chi connectivity index (χ1v) is 21.6. The zero-order valence-electron chi connectivity index (χ0n) is 31.8. The molecule has 0 saturated carbocycles. The number of esters is 1. The molecule has 52 heavy (non-hydrogen) atoms. The van der Waals surface area contributed by atoms with E-state index in [4.69, 9.17) is 23.1 Å². The van der Waals surface area contributed by atoms with Gasteiger partial charge in [0.15, 0.2) is 13.4 Å². The zero-order valence-corrected chi connectivity index (χ0v) is 33.6. The molecule has 3 amide bonds. The molecule has 4 heterocycles. The summed E-state index contributed by atoms with van der Waals surface area (Å²) in [5.41, 5.74) is -0.415. The van der Waals surface area contributed by atoms with Crippen molar-refractivity contribution in [2.24, 2.45) is 0 Å². The maximum absolute atomic E-state index is 13.9. The smallest absolute Gasteiger partial charge is 0.407 e. The molecule has 0 bridgehead atoms. The van der Waals surface area contributed by atoms with Crippen molar-refractivity contribution in [1.82, 2.24) is 31.1 Å². The lowest BCUT2D eigenvalue weighted by Crippen LogP contribution is -2.53. The summed E-state index contributed by atoms with van der Waals surface area (Å²) in [5, 5.41) is 19.1. The van der Waals surface area contributed by atoms with Crippen LogP contribution >= 0.6 is 11.3 Å². The topological polar surface area (TPSA) is 196 Å². The number of ether oxygens (including phenoxy) is 3. The van der Waals surface area contributed by atoms with Crippen molar-refractivity contribution in [2.45, 2.75) is 122 Å². The third kappa shape index (κ3) is 12.0. The lowest BCUT2D eigenvalue weighted by molar-refractivity contribution is -0.142. The normalized spacial score (nSPS) is 17.6. The number of piperidine rings is 1. The van der Waals surface area contributed by atoms with E-state index in [0.717, 1.165) is 12.8 Å². The number of nitrogens with one attached hydrogen (secondary N) is 3. The SMILES string of the molecule is CC(=O)OC[C@H](NC(=O)[C@H](CO[Si](C)(C)C(C)(C)C)NC(=O)c1csc(N2CCC(NC(=O)OC(C)(C)C)CC2)n1)c1nnc(C2CCOCC2)o1. The van der Waals surface area contributed by atoms with Crippen molar-refractivity contribution in [3.63, 3.8) is 0 Å². The fourth-order valence-corrected chi connectivity index (χ4v) is 7.15. The number of rotatable bonds is 13. The highest BCUT2D eigenvalue weighted by atomic mass is 32.1. The Hall–Kier alpha value is -3.61. The van der Waals surface area contributed by atoms with E-state index in [0.29, 0.717) is 50.2 Å². The Labute approximate surface area is 310 Å². The zero-order chi connectivity index (χ0) is 38.3. The Morgan fingerprint density at radius 3 is 2.29 bits per heavy atom. The van der Waals surface area contributed by atoms with E-state index >= 15 is 0 Å². The molecule has 0 radical (unpaired) electrons. The molecule has 0 unspecified atom stereocenters. The first-order valence-electron chi connectivity index (χ1n) is 17.8. The lowest BCUT2D eigenvalue weighted by atomic mass is 10.0. The van der Waals surface area contributed by atoms with E-state index < -0.39 is 49.9 Å². The van der Waals surface area contributed by atoms with Crippen LogP contribution in [0.25, 0.3) is 0 Å². The third-order valence-corrected chi connectivity index (χ3v) is 14.7. The number of amides is 3. The average Bonchev–Trinajstić information content (AvgIpc) is 3.75. The quantitative estimate of drug-likeness (QED) is 0.191. The summed E-state index contributed by atoms with van der Waals surface area (Å²) >= 11 is 1.33. The Morgan fingerprint density at radius 2 is 1.67 bits per heavy atom.